The van der Waals surface area contributed by atoms with E-state index in [4.69, 9.17) is 4.42 Å². The highest BCUT2D eigenvalue weighted by Gasteiger charge is 2.28. The smallest absolute Gasteiger partial charge is 0.293 e. The number of nitrogens with zero attached hydrogens (tertiary/aromatic N) is 2. The lowest BCUT2D eigenvalue weighted by molar-refractivity contribution is 0.0705. The second-order valence-corrected chi connectivity index (χ2v) is 7.78. The zero-order valence-electron chi connectivity index (χ0n) is 16.7. The SMILES string of the molecule is CN(C(=O)c1ccco1)c1ccccc1C(=O)N1CCC(NCC2CC2)CC1.Cl. The molecule has 156 valence electrons. The number of benzene rings is 1. The van der Waals surface area contributed by atoms with Crippen LogP contribution in [0.2, 0.25) is 0 Å². The average Bonchev–Trinajstić information content (AvgIpc) is 3.41. The minimum atomic E-state index is -0.270. The molecule has 0 unspecified atom stereocenters. The third kappa shape index (κ3) is 5.00. The fourth-order valence-corrected chi connectivity index (χ4v) is 3.73. The summed E-state index contributed by atoms with van der Waals surface area (Å²) in [6.45, 7) is 2.60. The molecule has 6 nitrogen and oxygen atoms in total. The van der Waals surface area contributed by atoms with Gasteiger partial charge in [0.25, 0.3) is 11.8 Å². The Bertz CT molecular complexity index is 828. The fourth-order valence-electron chi connectivity index (χ4n) is 3.73. The minimum absolute atomic E-state index is 0. The van der Waals surface area contributed by atoms with Crippen LogP contribution in [-0.2, 0) is 0 Å². The number of anilines is 1. The van der Waals surface area contributed by atoms with Crippen molar-refractivity contribution in [3.8, 4) is 0 Å². The largest absolute Gasteiger partial charge is 0.459 e. The Morgan fingerprint density at radius 3 is 2.48 bits per heavy atom. The van der Waals surface area contributed by atoms with Gasteiger partial charge >= 0.3 is 0 Å². The highest BCUT2D eigenvalue weighted by molar-refractivity contribution is 6.09. The number of likely N-dealkylation sites (tertiary alicyclic amines) is 1. The number of para-hydroxylation sites is 1. The summed E-state index contributed by atoms with van der Waals surface area (Å²) in [6, 6.07) is 11.1. The molecule has 2 heterocycles. The van der Waals surface area contributed by atoms with Gasteiger partial charge in [0.1, 0.15) is 0 Å². The van der Waals surface area contributed by atoms with Crippen LogP contribution in [-0.4, -0.2) is 49.4 Å². The second-order valence-electron chi connectivity index (χ2n) is 7.78. The summed E-state index contributed by atoms with van der Waals surface area (Å²) < 4.78 is 5.22. The van der Waals surface area contributed by atoms with Gasteiger partial charge in [-0.05, 0) is 62.4 Å². The zero-order valence-corrected chi connectivity index (χ0v) is 17.5. The quantitative estimate of drug-likeness (QED) is 0.780. The predicted octanol–water partition coefficient (Wildman–Crippen LogP) is 3.58. The summed E-state index contributed by atoms with van der Waals surface area (Å²) in [5.41, 5.74) is 1.15. The number of furan rings is 1. The maximum absolute atomic E-state index is 13.2. The number of hydrogen-bond acceptors (Lipinski definition) is 4. The number of carbonyl (C=O) groups excluding carboxylic acids is 2. The van der Waals surface area contributed by atoms with Crippen LogP contribution in [0.5, 0.6) is 0 Å². The molecule has 1 aliphatic carbocycles. The van der Waals surface area contributed by atoms with Crippen LogP contribution < -0.4 is 10.2 Å². The third-order valence-electron chi connectivity index (χ3n) is 5.71. The van der Waals surface area contributed by atoms with E-state index in [9.17, 15) is 9.59 Å². The van der Waals surface area contributed by atoms with Crippen molar-refractivity contribution >= 4 is 29.9 Å². The molecule has 2 fully saturated rings. The third-order valence-corrected chi connectivity index (χ3v) is 5.71. The van der Waals surface area contributed by atoms with E-state index >= 15 is 0 Å². The molecule has 0 spiro atoms. The van der Waals surface area contributed by atoms with Crippen LogP contribution >= 0.6 is 12.4 Å². The lowest BCUT2D eigenvalue weighted by atomic mass is 10.0. The van der Waals surface area contributed by atoms with Crippen molar-refractivity contribution in [1.82, 2.24) is 10.2 Å². The van der Waals surface area contributed by atoms with E-state index in [2.05, 4.69) is 5.32 Å². The highest BCUT2D eigenvalue weighted by Crippen LogP contribution is 2.28. The van der Waals surface area contributed by atoms with E-state index in [-0.39, 0.29) is 30.0 Å². The number of carbonyl (C=O) groups is 2. The van der Waals surface area contributed by atoms with Crippen LogP contribution in [0.15, 0.2) is 47.1 Å². The van der Waals surface area contributed by atoms with Gasteiger partial charge in [-0.2, -0.15) is 0 Å². The summed E-state index contributed by atoms with van der Waals surface area (Å²) in [6.07, 6.45) is 6.12. The summed E-state index contributed by atoms with van der Waals surface area (Å²) in [4.78, 5) is 29.2. The molecule has 29 heavy (non-hydrogen) atoms. The molecule has 4 rings (SSSR count). The Balaban J connectivity index is 0.00000240. The van der Waals surface area contributed by atoms with Gasteiger partial charge in [0.15, 0.2) is 5.76 Å². The number of amides is 2. The predicted molar refractivity (Wildman–Crippen MR) is 115 cm³/mol. The summed E-state index contributed by atoms with van der Waals surface area (Å²) in [5, 5.41) is 3.64. The minimum Gasteiger partial charge on any atom is -0.459 e. The monoisotopic (exact) mass is 417 g/mol. The first-order chi connectivity index (χ1) is 13.6. The molecule has 2 amide bonds. The molecular formula is C22H28ClN3O3. The van der Waals surface area contributed by atoms with Gasteiger partial charge in [0, 0.05) is 26.2 Å². The van der Waals surface area contributed by atoms with Gasteiger partial charge < -0.3 is 19.5 Å². The summed E-state index contributed by atoms with van der Waals surface area (Å²) in [7, 11) is 1.67. The van der Waals surface area contributed by atoms with Gasteiger partial charge in [-0.25, -0.2) is 0 Å². The van der Waals surface area contributed by atoms with Crippen LogP contribution in [0.4, 0.5) is 5.69 Å². The van der Waals surface area contributed by atoms with E-state index in [0.717, 1.165) is 38.4 Å². The number of piperidine rings is 1. The van der Waals surface area contributed by atoms with Gasteiger partial charge in [0.2, 0.25) is 0 Å². The Hall–Kier alpha value is -2.31. The lowest BCUT2D eigenvalue weighted by Gasteiger charge is -2.33. The first-order valence-corrected chi connectivity index (χ1v) is 10.1. The molecule has 1 aromatic heterocycles. The van der Waals surface area contributed by atoms with E-state index in [1.807, 2.05) is 17.0 Å². The Morgan fingerprint density at radius 1 is 1.10 bits per heavy atom. The van der Waals surface area contributed by atoms with Gasteiger partial charge in [-0.1, -0.05) is 12.1 Å². The number of rotatable bonds is 6. The number of halogens is 1. The molecule has 1 aliphatic heterocycles. The van der Waals surface area contributed by atoms with Gasteiger partial charge in [0.05, 0.1) is 17.5 Å². The topological polar surface area (TPSA) is 65.8 Å². The molecule has 1 N–H and O–H groups in total. The summed E-state index contributed by atoms with van der Waals surface area (Å²) in [5.74, 6) is 0.838. The molecule has 7 heteroatoms. The van der Waals surface area contributed by atoms with Crippen molar-refractivity contribution in [2.75, 3.05) is 31.6 Å². The molecule has 1 aromatic carbocycles. The molecule has 2 aliphatic rings. The van der Waals surface area contributed by atoms with Gasteiger partial charge in [-0.15, -0.1) is 12.4 Å². The molecular weight excluding hydrogens is 390 g/mol. The van der Waals surface area contributed by atoms with E-state index in [1.165, 1.54) is 24.0 Å². The number of hydrogen-bond donors (Lipinski definition) is 1. The molecule has 1 saturated carbocycles. The molecule has 0 atom stereocenters. The molecule has 0 bridgehead atoms. The highest BCUT2D eigenvalue weighted by atomic mass is 35.5. The van der Waals surface area contributed by atoms with Crippen molar-refractivity contribution < 1.29 is 14.0 Å². The van der Waals surface area contributed by atoms with Crippen LogP contribution in [0, 0.1) is 5.92 Å². The Labute approximate surface area is 177 Å². The zero-order chi connectivity index (χ0) is 19.5. The fraction of sp³-hybridized carbons (Fsp3) is 0.455. The van der Waals surface area contributed by atoms with E-state index in [0.29, 0.717) is 17.3 Å². The first kappa shape index (κ1) is 21.4. The average molecular weight is 418 g/mol. The lowest BCUT2D eigenvalue weighted by Crippen LogP contribution is -2.45. The summed E-state index contributed by atoms with van der Waals surface area (Å²) >= 11 is 0. The van der Waals surface area contributed by atoms with Crippen LogP contribution in [0.3, 0.4) is 0 Å². The van der Waals surface area contributed by atoms with Crippen molar-refractivity contribution in [2.45, 2.75) is 31.7 Å². The van der Waals surface area contributed by atoms with Crippen LogP contribution in [0.1, 0.15) is 46.6 Å². The standard InChI is InChI=1S/C22H27N3O3.ClH/c1-24(22(27)20-7-4-14-28-20)19-6-3-2-5-18(19)21(26)25-12-10-17(11-13-25)23-15-16-8-9-16;/h2-7,14,16-17,23H,8-13,15H2,1H3;1H. The Kier molecular flexibility index (Phi) is 6.98. The Morgan fingerprint density at radius 2 is 1.83 bits per heavy atom. The normalized spacial score (nSPS) is 16.9. The van der Waals surface area contributed by atoms with Crippen LogP contribution in [0.25, 0.3) is 0 Å². The van der Waals surface area contributed by atoms with Gasteiger partial charge in [-0.3, -0.25) is 9.59 Å². The van der Waals surface area contributed by atoms with Crippen molar-refractivity contribution in [2.24, 2.45) is 5.92 Å². The molecule has 0 radical (unpaired) electrons. The maximum atomic E-state index is 13.2. The second kappa shape index (κ2) is 9.46. The molecule has 1 saturated heterocycles. The maximum Gasteiger partial charge on any atom is 0.293 e. The first-order valence-electron chi connectivity index (χ1n) is 10.1. The van der Waals surface area contributed by atoms with Crippen molar-refractivity contribution in [3.63, 3.8) is 0 Å². The number of nitrogens with one attached hydrogen (secondary N) is 1. The van der Waals surface area contributed by atoms with Crippen molar-refractivity contribution in [3.05, 3.63) is 54.0 Å². The van der Waals surface area contributed by atoms with E-state index < -0.39 is 0 Å². The van der Waals surface area contributed by atoms with Crippen molar-refractivity contribution in [1.29, 1.82) is 0 Å². The van der Waals surface area contributed by atoms with E-state index in [1.54, 1.807) is 31.3 Å². The molecule has 2 aromatic rings.